The fourth-order valence-corrected chi connectivity index (χ4v) is 2.06. The van der Waals surface area contributed by atoms with Gasteiger partial charge in [0.2, 0.25) is 0 Å². The minimum Gasteiger partial charge on any atom is -0.294 e. The lowest BCUT2D eigenvalue weighted by atomic mass is 10.1. The molecule has 3 heteroatoms. The van der Waals surface area contributed by atoms with Crippen molar-refractivity contribution >= 4 is 17.2 Å². The number of nitrogens with zero attached hydrogens (tertiary/aromatic N) is 1. The van der Waals surface area contributed by atoms with Crippen molar-refractivity contribution in [3.05, 3.63) is 65.7 Å². The van der Waals surface area contributed by atoms with E-state index in [2.05, 4.69) is 10.5 Å². The second kappa shape index (κ2) is 4.45. The first-order valence-electron chi connectivity index (χ1n) is 5.85. The third-order valence-electron chi connectivity index (χ3n) is 2.96. The first kappa shape index (κ1) is 10.7. The molecule has 0 saturated heterocycles. The van der Waals surface area contributed by atoms with E-state index in [-0.39, 0.29) is 5.78 Å². The van der Waals surface area contributed by atoms with E-state index in [1.165, 1.54) is 0 Å². The number of carbonyl (C=O) groups excluding carboxylic acids is 1. The third-order valence-corrected chi connectivity index (χ3v) is 2.96. The number of Topliss-reactive ketones (excluding diaryl/α,β-unsaturated/α-hetero) is 1. The Hall–Kier alpha value is -2.42. The molecule has 0 fully saturated rings. The summed E-state index contributed by atoms with van der Waals surface area (Å²) in [7, 11) is 0. The summed E-state index contributed by atoms with van der Waals surface area (Å²) in [6, 6.07) is 17.3. The summed E-state index contributed by atoms with van der Waals surface area (Å²) in [5.41, 5.74) is 6.41. The Morgan fingerprint density at radius 3 is 2.33 bits per heavy atom. The number of para-hydroxylation sites is 1. The molecule has 88 valence electrons. The lowest BCUT2D eigenvalue weighted by molar-refractivity contribution is 0.101. The number of ketones is 1. The fourth-order valence-electron chi connectivity index (χ4n) is 2.06. The number of carbonyl (C=O) groups is 1. The summed E-state index contributed by atoms with van der Waals surface area (Å²) < 4.78 is 0. The van der Waals surface area contributed by atoms with Crippen molar-refractivity contribution < 1.29 is 4.79 Å². The highest BCUT2D eigenvalue weighted by atomic mass is 16.1. The average molecular weight is 236 g/mol. The highest BCUT2D eigenvalue weighted by Crippen LogP contribution is 2.22. The summed E-state index contributed by atoms with van der Waals surface area (Å²) in [6.07, 6.45) is 0.374. The topological polar surface area (TPSA) is 41.5 Å². The van der Waals surface area contributed by atoms with Gasteiger partial charge in [-0.3, -0.25) is 10.2 Å². The van der Waals surface area contributed by atoms with E-state index in [1.807, 2.05) is 54.6 Å². The number of rotatable bonds is 2. The summed E-state index contributed by atoms with van der Waals surface area (Å²) >= 11 is 0. The van der Waals surface area contributed by atoms with Crippen LogP contribution in [-0.4, -0.2) is 11.5 Å². The van der Waals surface area contributed by atoms with Gasteiger partial charge in [-0.2, -0.15) is 5.10 Å². The normalized spacial score (nSPS) is 15.8. The Morgan fingerprint density at radius 2 is 1.56 bits per heavy atom. The van der Waals surface area contributed by atoms with Crippen LogP contribution in [0.15, 0.2) is 59.7 Å². The molecule has 0 heterocycles. The first-order chi connectivity index (χ1) is 8.84. The molecule has 3 rings (SSSR count). The molecule has 0 aliphatic heterocycles. The number of fused-ring (bicyclic) bond motifs is 1. The molecule has 2 aromatic rings. The van der Waals surface area contributed by atoms with E-state index in [1.54, 1.807) is 0 Å². The van der Waals surface area contributed by atoms with Crippen LogP contribution in [0.4, 0.5) is 5.69 Å². The van der Waals surface area contributed by atoms with Crippen LogP contribution in [0.3, 0.4) is 0 Å². The van der Waals surface area contributed by atoms with Gasteiger partial charge in [-0.1, -0.05) is 42.5 Å². The predicted molar refractivity (Wildman–Crippen MR) is 72.0 cm³/mol. The molecule has 2 aromatic carbocycles. The van der Waals surface area contributed by atoms with Gasteiger partial charge in [-0.25, -0.2) is 0 Å². The average Bonchev–Trinajstić information content (AvgIpc) is 2.75. The molecule has 1 aliphatic rings. The molecular formula is C15H12N2O. The minimum atomic E-state index is 0.138. The SMILES string of the molecule is O=C1C/C(=N\Nc2ccccc2)c2ccccc21. The molecule has 0 atom stereocenters. The largest absolute Gasteiger partial charge is 0.294 e. The molecule has 0 aromatic heterocycles. The molecule has 3 nitrogen and oxygen atoms in total. The maximum atomic E-state index is 11.8. The van der Waals surface area contributed by atoms with Crippen molar-refractivity contribution in [2.45, 2.75) is 6.42 Å². The Balaban J connectivity index is 1.89. The Labute approximate surface area is 105 Å². The van der Waals surface area contributed by atoms with Crippen LogP contribution in [0.5, 0.6) is 0 Å². The van der Waals surface area contributed by atoms with Gasteiger partial charge in [0.25, 0.3) is 0 Å². The van der Waals surface area contributed by atoms with Gasteiger partial charge in [-0.15, -0.1) is 0 Å². The van der Waals surface area contributed by atoms with Crippen LogP contribution in [0.25, 0.3) is 0 Å². The van der Waals surface area contributed by atoms with E-state index < -0.39 is 0 Å². The van der Waals surface area contributed by atoms with Gasteiger partial charge in [-0.05, 0) is 12.1 Å². The number of anilines is 1. The smallest absolute Gasteiger partial charge is 0.169 e. The quantitative estimate of drug-likeness (QED) is 0.814. The minimum absolute atomic E-state index is 0.138. The highest BCUT2D eigenvalue weighted by molar-refractivity contribution is 6.26. The van der Waals surface area contributed by atoms with Crippen molar-refractivity contribution in [3.8, 4) is 0 Å². The molecule has 0 spiro atoms. The zero-order valence-electron chi connectivity index (χ0n) is 9.76. The molecule has 0 amide bonds. The second-order valence-corrected chi connectivity index (χ2v) is 4.18. The monoisotopic (exact) mass is 236 g/mol. The maximum absolute atomic E-state index is 11.8. The molecule has 0 radical (unpaired) electrons. The Morgan fingerprint density at radius 1 is 0.889 bits per heavy atom. The maximum Gasteiger partial charge on any atom is 0.169 e. The van der Waals surface area contributed by atoms with Crippen molar-refractivity contribution in [2.24, 2.45) is 5.10 Å². The van der Waals surface area contributed by atoms with Gasteiger partial charge < -0.3 is 0 Å². The Kier molecular flexibility index (Phi) is 2.65. The van der Waals surface area contributed by atoms with E-state index in [4.69, 9.17) is 0 Å². The number of hydrogen-bond acceptors (Lipinski definition) is 3. The van der Waals surface area contributed by atoms with Crippen LogP contribution in [0.1, 0.15) is 22.3 Å². The summed E-state index contributed by atoms with van der Waals surface area (Å²) in [5.74, 6) is 0.138. The summed E-state index contributed by atoms with van der Waals surface area (Å²) in [6.45, 7) is 0. The summed E-state index contributed by atoms with van der Waals surface area (Å²) in [4.78, 5) is 11.8. The van der Waals surface area contributed by atoms with Crippen LogP contribution in [0, 0.1) is 0 Å². The molecule has 0 bridgehead atoms. The van der Waals surface area contributed by atoms with E-state index >= 15 is 0 Å². The third kappa shape index (κ3) is 1.91. The Bertz CT molecular complexity index is 617. The molecular weight excluding hydrogens is 224 g/mol. The zero-order chi connectivity index (χ0) is 12.4. The lowest BCUT2D eigenvalue weighted by Crippen LogP contribution is -2.00. The predicted octanol–water partition coefficient (Wildman–Crippen LogP) is 3.09. The van der Waals surface area contributed by atoms with Crippen LogP contribution in [-0.2, 0) is 0 Å². The zero-order valence-corrected chi connectivity index (χ0v) is 9.76. The van der Waals surface area contributed by atoms with Crippen LogP contribution >= 0.6 is 0 Å². The van der Waals surface area contributed by atoms with Gasteiger partial charge in [0.05, 0.1) is 17.8 Å². The van der Waals surface area contributed by atoms with E-state index in [0.29, 0.717) is 6.42 Å². The van der Waals surface area contributed by atoms with Gasteiger partial charge in [0.1, 0.15) is 0 Å². The van der Waals surface area contributed by atoms with Gasteiger partial charge in [0, 0.05) is 11.1 Å². The molecule has 1 N–H and O–H groups in total. The van der Waals surface area contributed by atoms with Crippen molar-refractivity contribution in [2.75, 3.05) is 5.43 Å². The standard InChI is InChI=1S/C15H12N2O/c18-15-10-14(12-8-4-5-9-13(12)15)17-16-11-6-2-1-3-7-11/h1-9,16H,10H2/b17-14+. The van der Waals surface area contributed by atoms with Crippen molar-refractivity contribution in [1.82, 2.24) is 0 Å². The van der Waals surface area contributed by atoms with Crippen LogP contribution in [0.2, 0.25) is 0 Å². The molecule has 0 unspecified atom stereocenters. The molecule has 0 saturated carbocycles. The lowest BCUT2D eigenvalue weighted by Gasteiger charge is -2.02. The summed E-state index contributed by atoms with van der Waals surface area (Å²) in [5, 5.41) is 4.33. The molecule has 18 heavy (non-hydrogen) atoms. The molecule has 1 aliphatic carbocycles. The number of hydrogen-bond donors (Lipinski definition) is 1. The van der Waals surface area contributed by atoms with Gasteiger partial charge >= 0.3 is 0 Å². The van der Waals surface area contributed by atoms with Crippen LogP contribution < -0.4 is 5.43 Å². The van der Waals surface area contributed by atoms with E-state index in [9.17, 15) is 4.79 Å². The highest BCUT2D eigenvalue weighted by Gasteiger charge is 2.24. The van der Waals surface area contributed by atoms with Gasteiger partial charge in [0.15, 0.2) is 5.78 Å². The van der Waals surface area contributed by atoms with Crippen molar-refractivity contribution in [1.29, 1.82) is 0 Å². The second-order valence-electron chi connectivity index (χ2n) is 4.18. The van der Waals surface area contributed by atoms with Crippen molar-refractivity contribution in [3.63, 3.8) is 0 Å². The number of hydrazone groups is 1. The number of benzene rings is 2. The van der Waals surface area contributed by atoms with E-state index in [0.717, 1.165) is 22.5 Å². The number of nitrogens with one attached hydrogen (secondary N) is 1. The fraction of sp³-hybridized carbons (Fsp3) is 0.0667. The first-order valence-corrected chi connectivity index (χ1v) is 5.85.